The van der Waals surface area contributed by atoms with E-state index >= 15 is 0 Å². The molecule has 0 N–H and O–H groups in total. The van der Waals surface area contributed by atoms with Crippen LogP contribution in [-0.4, -0.2) is 61.5 Å². The highest BCUT2D eigenvalue weighted by atomic mass is 16.2. The summed E-state index contributed by atoms with van der Waals surface area (Å²) >= 11 is 0. The molecular formula is C22H34N4O. The van der Waals surface area contributed by atoms with E-state index in [2.05, 4.69) is 43.6 Å². The molecule has 1 aliphatic rings. The molecule has 1 aliphatic heterocycles. The highest BCUT2D eigenvalue weighted by Crippen LogP contribution is 2.17. The van der Waals surface area contributed by atoms with Gasteiger partial charge in [-0.2, -0.15) is 5.26 Å². The summed E-state index contributed by atoms with van der Waals surface area (Å²) < 4.78 is 0. The van der Waals surface area contributed by atoms with E-state index in [1.54, 1.807) is 0 Å². The minimum absolute atomic E-state index is 0.254. The van der Waals surface area contributed by atoms with Gasteiger partial charge in [-0.1, -0.05) is 27.7 Å². The van der Waals surface area contributed by atoms with Gasteiger partial charge in [-0.3, -0.25) is 9.69 Å². The largest absolute Gasteiger partial charge is 0.370 e. The molecule has 0 radical (unpaired) electrons. The molecule has 1 saturated heterocycles. The molecule has 1 amide bonds. The lowest BCUT2D eigenvalue weighted by molar-refractivity contribution is -0.133. The molecule has 2 rings (SSSR count). The van der Waals surface area contributed by atoms with Crippen molar-refractivity contribution in [3.05, 3.63) is 29.8 Å². The Kier molecular flexibility index (Phi) is 8.12. The smallest absolute Gasteiger partial charge is 0.236 e. The average molecular weight is 371 g/mol. The second-order valence-electron chi connectivity index (χ2n) is 8.36. The average Bonchev–Trinajstić information content (AvgIpc) is 2.86. The molecule has 5 heteroatoms. The van der Waals surface area contributed by atoms with Crippen molar-refractivity contribution < 1.29 is 4.79 Å². The number of rotatable bonds is 7. The Morgan fingerprint density at radius 2 is 1.67 bits per heavy atom. The van der Waals surface area contributed by atoms with E-state index in [0.717, 1.165) is 51.4 Å². The molecule has 27 heavy (non-hydrogen) atoms. The highest BCUT2D eigenvalue weighted by Gasteiger charge is 2.21. The summed E-state index contributed by atoms with van der Waals surface area (Å²) in [7, 11) is 0. The van der Waals surface area contributed by atoms with Crippen LogP contribution < -0.4 is 4.90 Å². The van der Waals surface area contributed by atoms with Gasteiger partial charge in [0.2, 0.25) is 5.91 Å². The lowest BCUT2D eigenvalue weighted by Crippen LogP contribution is -2.44. The molecule has 0 bridgehead atoms. The third-order valence-corrected chi connectivity index (χ3v) is 4.83. The Bertz CT molecular complexity index is 623. The van der Waals surface area contributed by atoms with E-state index in [9.17, 15) is 4.79 Å². The Morgan fingerprint density at radius 1 is 1.04 bits per heavy atom. The summed E-state index contributed by atoms with van der Waals surface area (Å²) in [5.74, 6) is 1.23. The van der Waals surface area contributed by atoms with Crippen LogP contribution in [-0.2, 0) is 4.79 Å². The van der Waals surface area contributed by atoms with Gasteiger partial charge in [0.25, 0.3) is 0 Å². The summed E-state index contributed by atoms with van der Waals surface area (Å²) in [6, 6.07) is 9.95. The van der Waals surface area contributed by atoms with Crippen LogP contribution in [0.1, 0.15) is 39.7 Å². The number of benzene rings is 1. The van der Waals surface area contributed by atoms with Crippen LogP contribution in [0.5, 0.6) is 0 Å². The normalized spacial score (nSPS) is 15.7. The maximum atomic E-state index is 12.9. The minimum Gasteiger partial charge on any atom is -0.370 e. The number of hydrogen-bond donors (Lipinski definition) is 0. The van der Waals surface area contributed by atoms with Crippen LogP contribution in [0.2, 0.25) is 0 Å². The molecule has 1 aromatic rings. The Labute approximate surface area is 164 Å². The molecule has 0 saturated carbocycles. The molecule has 0 aromatic heterocycles. The van der Waals surface area contributed by atoms with Crippen LogP contribution in [0.15, 0.2) is 24.3 Å². The van der Waals surface area contributed by atoms with E-state index in [4.69, 9.17) is 5.26 Å². The first-order valence-corrected chi connectivity index (χ1v) is 10.1. The Morgan fingerprint density at radius 3 is 2.22 bits per heavy atom. The number of nitrogens with zero attached hydrogens (tertiary/aromatic N) is 4. The number of carbonyl (C=O) groups is 1. The Balaban J connectivity index is 1.92. The van der Waals surface area contributed by atoms with E-state index < -0.39 is 0 Å². The number of amides is 1. The van der Waals surface area contributed by atoms with Crippen LogP contribution in [0.4, 0.5) is 5.69 Å². The quantitative estimate of drug-likeness (QED) is 0.739. The van der Waals surface area contributed by atoms with Crippen molar-refractivity contribution in [3.63, 3.8) is 0 Å². The van der Waals surface area contributed by atoms with Gasteiger partial charge in [0.15, 0.2) is 0 Å². The predicted octanol–water partition coefficient (Wildman–Crippen LogP) is 3.21. The molecule has 0 atom stereocenters. The van der Waals surface area contributed by atoms with Crippen LogP contribution in [0.25, 0.3) is 0 Å². The van der Waals surface area contributed by atoms with Gasteiger partial charge in [0.05, 0.1) is 18.2 Å². The van der Waals surface area contributed by atoms with E-state index in [1.807, 2.05) is 29.2 Å². The lowest BCUT2D eigenvalue weighted by atomic mass is 10.1. The topological polar surface area (TPSA) is 50.6 Å². The number of hydrogen-bond acceptors (Lipinski definition) is 4. The highest BCUT2D eigenvalue weighted by molar-refractivity contribution is 5.78. The third kappa shape index (κ3) is 6.88. The first-order valence-electron chi connectivity index (χ1n) is 10.1. The minimum atomic E-state index is 0.254. The van der Waals surface area contributed by atoms with Crippen molar-refractivity contribution in [1.29, 1.82) is 5.26 Å². The van der Waals surface area contributed by atoms with Crippen LogP contribution in [0.3, 0.4) is 0 Å². The van der Waals surface area contributed by atoms with Gasteiger partial charge < -0.3 is 9.80 Å². The molecule has 0 unspecified atom stereocenters. The fourth-order valence-corrected chi connectivity index (χ4v) is 3.59. The number of nitriles is 1. The molecule has 0 spiro atoms. The van der Waals surface area contributed by atoms with Crippen molar-refractivity contribution in [2.24, 2.45) is 11.8 Å². The molecular weight excluding hydrogens is 336 g/mol. The fraction of sp³-hybridized carbons (Fsp3) is 0.636. The fourth-order valence-electron chi connectivity index (χ4n) is 3.59. The van der Waals surface area contributed by atoms with Crippen molar-refractivity contribution in [2.45, 2.75) is 34.1 Å². The summed E-state index contributed by atoms with van der Waals surface area (Å²) in [5.41, 5.74) is 1.85. The standard InChI is InChI=1S/C22H34N4O/c1-18(2)15-26(16-19(3)4)22(27)17-24-10-5-11-25(13-12-24)21-8-6-20(14-23)7-9-21/h6-9,18-19H,5,10-13,15-17H2,1-4H3. The van der Waals surface area contributed by atoms with Gasteiger partial charge in [-0.25, -0.2) is 0 Å². The SMILES string of the molecule is CC(C)CN(CC(C)C)C(=O)CN1CCCN(c2ccc(C#N)cc2)CC1. The van der Waals surface area contributed by atoms with Gasteiger partial charge in [0.1, 0.15) is 0 Å². The van der Waals surface area contributed by atoms with Crippen LogP contribution >= 0.6 is 0 Å². The second-order valence-corrected chi connectivity index (χ2v) is 8.36. The van der Waals surface area contributed by atoms with Gasteiger partial charge in [-0.05, 0) is 42.5 Å². The van der Waals surface area contributed by atoms with Gasteiger partial charge in [0, 0.05) is 45.0 Å². The summed E-state index contributed by atoms with van der Waals surface area (Å²) in [5, 5.41) is 8.95. The molecule has 1 heterocycles. The number of carbonyl (C=O) groups excluding carboxylic acids is 1. The van der Waals surface area contributed by atoms with Gasteiger partial charge >= 0.3 is 0 Å². The summed E-state index contributed by atoms with van der Waals surface area (Å²) in [4.78, 5) is 19.5. The monoisotopic (exact) mass is 370 g/mol. The molecule has 148 valence electrons. The van der Waals surface area contributed by atoms with Gasteiger partial charge in [-0.15, -0.1) is 0 Å². The van der Waals surface area contributed by atoms with Crippen LogP contribution in [0, 0.1) is 23.2 Å². The van der Waals surface area contributed by atoms with Crippen molar-refractivity contribution in [3.8, 4) is 6.07 Å². The first kappa shape index (κ1) is 21.2. The third-order valence-electron chi connectivity index (χ3n) is 4.83. The van der Waals surface area contributed by atoms with Crippen molar-refractivity contribution in [2.75, 3.05) is 50.7 Å². The summed E-state index contributed by atoms with van der Waals surface area (Å²) in [6.45, 7) is 14.6. The number of anilines is 1. The molecule has 1 aromatic carbocycles. The summed E-state index contributed by atoms with van der Waals surface area (Å²) in [6.07, 6.45) is 1.04. The maximum absolute atomic E-state index is 12.9. The zero-order valence-corrected chi connectivity index (χ0v) is 17.3. The molecule has 0 aliphatic carbocycles. The zero-order chi connectivity index (χ0) is 19.8. The van der Waals surface area contributed by atoms with E-state index in [0.29, 0.717) is 23.9 Å². The van der Waals surface area contributed by atoms with E-state index in [1.165, 1.54) is 0 Å². The molecule has 5 nitrogen and oxygen atoms in total. The lowest BCUT2D eigenvalue weighted by Gasteiger charge is -2.29. The second kappa shape index (κ2) is 10.3. The first-order chi connectivity index (χ1) is 12.9. The van der Waals surface area contributed by atoms with E-state index in [-0.39, 0.29) is 5.91 Å². The zero-order valence-electron chi connectivity index (χ0n) is 17.3. The Hall–Kier alpha value is -2.06. The predicted molar refractivity (Wildman–Crippen MR) is 111 cm³/mol. The maximum Gasteiger partial charge on any atom is 0.236 e. The van der Waals surface area contributed by atoms with Crippen molar-refractivity contribution >= 4 is 11.6 Å². The van der Waals surface area contributed by atoms with Crippen molar-refractivity contribution in [1.82, 2.24) is 9.80 Å². The molecule has 1 fully saturated rings.